The number of aromatic nitrogens is 4. The molecule has 2 N–H and O–H groups in total. The van der Waals surface area contributed by atoms with Gasteiger partial charge in [-0.2, -0.15) is 0 Å². The number of carbonyl (C=O) groups is 1. The number of nitrogens with zero attached hydrogens (tertiary/aromatic N) is 4. The summed E-state index contributed by atoms with van der Waals surface area (Å²) < 4.78 is 19.6. The molecule has 0 fully saturated rings. The molecule has 3 aromatic heterocycles. The van der Waals surface area contributed by atoms with Crippen LogP contribution in [0.1, 0.15) is 36.2 Å². The molecule has 8 nitrogen and oxygen atoms in total. The Labute approximate surface area is 200 Å². The first-order valence-corrected chi connectivity index (χ1v) is 11.6. The zero-order chi connectivity index (χ0) is 24.3. The van der Waals surface area contributed by atoms with Crippen LogP contribution in [0.15, 0.2) is 42.2 Å². The van der Waals surface area contributed by atoms with Crippen molar-refractivity contribution in [3.05, 3.63) is 59.1 Å². The van der Waals surface area contributed by atoms with Gasteiger partial charge >= 0.3 is 0 Å². The van der Waals surface area contributed by atoms with Crippen LogP contribution in [0.4, 0.5) is 10.2 Å². The first-order chi connectivity index (χ1) is 16.4. The summed E-state index contributed by atoms with van der Waals surface area (Å²) in [5.41, 5.74) is 2.55. The molecular formula is C24H25FN6O2S. The first kappa shape index (κ1) is 23.5. The number of hydrogen-bond donors (Lipinski definition) is 2. The molecule has 34 heavy (non-hydrogen) atoms. The first-order valence-electron chi connectivity index (χ1n) is 10.8. The van der Waals surface area contributed by atoms with Crippen molar-refractivity contribution in [3.8, 4) is 16.6 Å². The van der Waals surface area contributed by atoms with Crippen molar-refractivity contribution in [2.75, 3.05) is 26.0 Å². The summed E-state index contributed by atoms with van der Waals surface area (Å²) in [4.78, 5) is 29.8. The number of fused-ring (bicyclic) bond motifs is 1. The van der Waals surface area contributed by atoms with Crippen LogP contribution in [-0.4, -0.2) is 46.5 Å². The Balaban J connectivity index is 1.66. The second-order valence-electron chi connectivity index (χ2n) is 8.02. The number of thiazole rings is 1. The van der Waals surface area contributed by atoms with E-state index in [0.717, 1.165) is 18.2 Å². The zero-order valence-electron chi connectivity index (χ0n) is 19.3. The van der Waals surface area contributed by atoms with Gasteiger partial charge < -0.3 is 15.4 Å². The van der Waals surface area contributed by atoms with Crippen LogP contribution in [0.25, 0.3) is 22.3 Å². The highest BCUT2D eigenvalue weighted by Crippen LogP contribution is 2.34. The summed E-state index contributed by atoms with van der Waals surface area (Å²) >= 11 is 1.40. The Morgan fingerprint density at radius 1 is 1.24 bits per heavy atom. The van der Waals surface area contributed by atoms with Gasteiger partial charge in [0, 0.05) is 35.8 Å². The summed E-state index contributed by atoms with van der Waals surface area (Å²) in [6.45, 7) is 4.72. The Kier molecular flexibility index (Phi) is 6.69. The van der Waals surface area contributed by atoms with Crippen molar-refractivity contribution in [2.24, 2.45) is 0 Å². The molecule has 0 saturated carbocycles. The number of rotatable bonds is 8. The molecular weight excluding hydrogens is 455 g/mol. The van der Waals surface area contributed by atoms with Gasteiger partial charge in [0.1, 0.15) is 17.8 Å². The molecule has 4 aromatic rings. The third kappa shape index (κ3) is 4.41. The van der Waals surface area contributed by atoms with Gasteiger partial charge in [0.05, 0.1) is 30.1 Å². The van der Waals surface area contributed by atoms with Gasteiger partial charge in [-0.3, -0.25) is 9.78 Å². The number of pyridine rings is 1. The molecule has 1 aromatic carbocycles. The van der Waals surface area contributed by atoms with E-state index >= 15 is 0 Å². The Morgan fingerprint density at radius 3 is 2.76 bits per heavy atom. The van der Waals surface area contributed by atoms with Crippen LogP contribution in [0.5, 0.6) is 5.19 Å². The monoisotopic (exact) mass is 480 g/mol. The average Bonchev–Trinajstić information content (AvgIpc) is 3.36. The highest BCUT2D eigenvalue weighted by atomic mass is 32.1. The predicted octanol–water partition coefficient (Wildman–Crippen LogP) is 4.44. The third-order valence-electron chi connectivity index (χ3n) is 5.98. The van der Waals surface area contributed by atoms with Gasteiger partial charge in [0.25, 0.3) is 11.1 Å². The largest absolute Gasteiger partial charge is 0.473 e. The van der Waals surface area contributed by atoms with Crippen LogP contribution in [0.3, 0.4) is 0 Å². The standard InChI is InChI=1S/C24H25FN6O2S/c1-5-24(2,12-28-19-9-17(29-13-30-19)18-11-34-23(31-18)33-4)15-8-6-7-14-20(22(32)26-3)16(25)10-27-21(14)15/h6-11,13H,5,12H2,1-4H3,(H,26,32)(H,28,29,30)/t24-/m1/s1. The summed E-state index contributed by atoms with van der Waals surface area (Å²) in [5.74, 6) is -0.472. The second kappa shape index (κ2) is 9.68. The molecule has 3 heterocycles. The molecule has 1 amide bonds. The zero-order valence-corrected chi connectivity index (χ0v) is 20.2. The van der Waals surface area contributed by atoms with Crippen molar-refractivity contribution in [1.29, 1.82) is 0 Å². The number of hydrogen-bond acceptors (Lipinski definition) is 8. The number of carbonyl (C=O) groups excluding carboxylic acids is 1. The molecule has 0 bridgehead atoms. The van der Waals surface area contributed by atoms with Crippen LogP contribution < -0.4 is 15.4 Å². The number of para-hydroxylation sites is 1. The SMILES string of the molecule is CC[C@](C)(CNc1cc(-c2csc(OC)n2)ncn1)c1cccc2c(C(=O)NC)c(F)cnc12. The fraction of sp³-hybridized carbons (Fsp3) is 0.292. The van der Waals surface area contributed by atoms with Crippen LogP contribution in [-0.2, 0) is 5.41 Å². The van der Waals surface area contributed by atoms with E-state index < -0.39 is 11.7 Å². The lowest BCUT2D eigenvalue weighted by atomic mass is 9.78. The van der Waals surface area contributed by atoms with E-state index in [1.807, 2.05) is 23.6 Å². The highest BCUT2D eigenvalue weighted by Gasteiger charge is 2.29. The molecule has 1 atom stereocenters. The molecule has 0 aliphatic carbocycles. The number of nitrogens with one attached hydrogen (secondary N) is 2. The quantitative estimate of drug-likeness (QED) is 0.384. The lowest BCUT2D eigenvalue weighted by Crippen LogP contribution is -2.31. The van der Waals surface area contributed by atoms with E-state index in [9.17, 15) is 9.18 Å². The smallest absolute Gasteiger partial charge is 0.273 e. The molecule has 0 radical (unpaired) electrons. The minimum atomic E-state index is -0.646. The van der Waals surface area contributed by atoms with Crippen molar-refractivity contribution >= 4 is 34.0 Å². The second-order valence-corrected chi connectivity index (χ2v) is 8.84. The molecule has 0 aliphatic heterocycles. The van der Waals surface area contributed by atoms with Gasteiger partial charge in [-0.1, -0.05) is 43.4 Å². The summed E-state index contributed by atoms with van der Waals surface area (Å²) in [7, 11) is 3.06. The fourth-order valence-corrected chi connectivity index (χ4v) is 4.43. The highest BCUT2D eigenvalue weighted by molar-refractivity contribution is 7.11. The van der Waals surface area contributed by atoms with Gasteiger partial charge in [-0.25, -0.2) is 19.3 Å². The molecule has 10 heteroatoms. The molecule has 0 unspecified atom stereocenters. The molecule has 0 saturated heterocycles. The lowest BCUT2D eigenvalue weighted by molar-refractivity contribution is 0.0960. The minimum absolute atomic E-state index is 0.0000967. The summed E-state index contributed by atoms with van der Waals surface area (Å²) in [5, 5.41) is 8.85. The van der Waals surface area contributed by atoms with Crippen LogP contribution in [0, 0.1) is 5.82 Å². The van der Waals surface area contributed by atoms with Gasteiger partial charge in [-0.15, -0.1) is 0 Å². The van der Waals surface area contributed by atoms with Crippen molar-refractivity contribution < 1.29 is 13.9 Å². The predicted molar refractivity (Wildman–Crippen MR) is 131 cm³/mol. The van der Waals surface area contributed by atoms with E-state index in [4.69, 9.17) is 4.74 Å². The van der Waals surface area contributed by atoms with E-state index in [2.05, 4.69) is 44.4 Å². The number of amides is 1. The normalized spacial score (nSPS) is 12.9. The van der Waals surface area contributed by atoms with Crippen molar-refractivity contribution in [1.82, 2.24) is 25.3 Å². The van der Waals surface area contributed by atoms with E-state index in [0.29, 0.717) is 39.8 Å². The third-order valence-corrected chi connectivity index (χ3v) is 6.78. The number of halogens is 1. The van der Waals surface area contributed by atoms with Gasteiger partial charge in [0.15, 0.2) is 5.82 Å². The number of methoxy groups -OCH3 is 1. The Bertz CT molecular complexity index is 1340. The maximum atomic E-state index is 14.5. The topological polar surface area (TPSA) is 102 Å². The fourth-order valence-electron chi connectivity index (χ4n) is 3.80. The molecule has 0 spiro atoms. The Morgan fingerprint density at radius 2 is 2.06 bits per heavy atom. The Hall–Kier alpha value is -3.66. The number of benzene rings is 1. The van der Waals surface area contributed by atoms with Gasteiger partial charge in [0.2, 0.25) is 0 Å². The number of anilines is 1. The molecule has 0 aliphatic rings. The van der Waals surface area contributed by atoms with E-state index in [1.54, 1.807) is 13.2 Å². The van der Waals surface area contributed by atoms with Crippen LogP contribution >= 0.6 is 11.3 Å². The maximum absolute atomic E-state index is 14.5. The van der Waals surface area contributed by atoms with Crippen molar-refractivity contribution in [2.45, 2.75) is 25.7 Å². The maximum Gasteiger partial charge on any atom is 0.273 e. The van der Waals surface area contributed by atoms with Gasteiger partial charge in [-0.05, 0) is 12.0 Å². The summed E-state index contributed by atoms with van der Waals surface area (Å²) in [6.07, 6.45) is 3.37. The number of ether oxygens (including phenoxy) is 1. The minimum Gasteiger partial charge on any atom is -0.473 e. The molecule has 176 valence electrons. The van der Waals surface area contributed by atoms with E-state index in [1.165, 1.54) is 24.7 Å². The lowest BCUT2D eigenvalue weighted by Gasteiger charge is -2.30. The van der Waals surface area contributed by atoms with Crippen LogP contribution in [0.2, 0.25) is 0 Å². The van der Waals surface area contributed by atoms with Crippen molar-refractivity contribution in [3.63, 3.8) is 0 Å². The summed E-state index contributed by atoms with van der Waals surface area (Å²) in [6, 6.07) is 7.36. The average molecular weight is 481 g/mol. The van der Waals surface area contributed by atoms with E-state index in [-0.39, 0.29) is 11.0 Å². The molecule has 4 rings (SSSR count).